The van der Waals surface area contributed by atoms with Gasteiger partial charge in [-0.25, -0.2) is 0 Å². The second-order valence-electron chi connectivity index (χ2n) is 8.99. The molecule has 2 aromatic carbocycles. The third-order valence-electron chi connectivity index (χ3n) is 6.47. The number of hydrogen-bond donors (Lipinski definition) is 1. The highest BCUT2D eigenvalue weighted by Crippen LogP contribution is 2.40. The standard InChI is InChI=1S/C29H34N2O6/c1-3-17-36-23-9-5-21(6-10-23)26-25(27(32)22-7-11-24(12-8-22)37-18-4-2)28(33)29(34)31(26)14-13-30-15-19-35-20-16-30/h4-12,26,32H,2-3,13-20H2,1H3/b27-25+. The van der Waals surface area contributed by atoms with Gasteiger partial charge in [-0.1, -0.05) is 31.7 Å². The van der Waals surface area contributed by atoms with E-state index < -0.39 is 17.7 Å². The van der Waals surface area contributed by atoms with Gasteiger partial charge in [0.2, 0.25) is 0 Å². The Morgan fingerprint density at radius 1 is 1.03 bits per heavy atom. The number of likely N-dealkylation sites (tertiary alicyclic amines) is 1. The molecule has 1 unspecified atom stereocenters. The number of nitrogens with zero attached hydrogens (tertiary/aromatic N) is 2. The van der Waals surface area contributed by atoms with Gasteiger partial charge in [-0.2, -0.15) is 0 Å². The number of amides is 1. The molecule has 2 aliphatic heterocycles. The van der Waals surface area contributed by atoms with Gasteiger partial charge in [0.1, 0.15) is 23.9 Å². The van der Waals surface area contributed by atoms with Crippen LogP contribution in [0, 0.1) is 0 Å². The summed E-state index contributed by atoms with van der Waals surface area (Å²) < 4.78 is 16.6. The zero-order valence-electron chi connectivity index (χ0n) is 21.2. The van der Waals surface area contributed by atoms with Gasteiger partial charge in [0.15, 0.2) is 0 Å². The smallest absolute Gasteiger partial charge is 0.295 e. The van der Waals surface area contributed by atoms with Crippen LogP contribution in [-0.4, -0.2) is 79.2 Å². The third kappa shape index (κ3) is 6.21. The molecule has 2 fully saturated rings. The molecule has 2 saturated heterocycles. The van der Waals surface area contributed by atoms with Crippen molar-refractivity contribution in [2.24, 2.45) is 0 Å². The molecule has 2 aliphatic rings. The average molecular weight is 507 g/mol. The molecule has 0 aromatic heterocycles. The van der Waals surface area contributed by atoms with Crippen molar-refractivity contribution in [3.05, 3.63) is 77.9 Å². The van der Waals surface area contributed by atoms with Crippen LogP contribution in [0.25, 0.3) is 5.76 Å². The van der Waals surface area contributed by atoms with Crippen LogP contribution < -0.4 is 9.47 Å². The monoisotopic (exact) mass is 506 g/mol. The summed E-state index contributed by atoms with van der Waals surface area (Å²) in [6.45, 7) is 10.4. The molecule has 2 heterocycles. The number of carbonyl (C=O) groups excluding carboxylic acids is 2. The van der Waals surface area contributed by atoms with E-state index in [4.69, 9.17) is 14.2 Å². The molecule has 0 radical (unpaired) electrons. The molecule has 4 rings (SSSR count). The van der Waals surface area contributed by atoms with Crippen molar-refractivity contribution in [3.8, 4) is 11.5 Å². The first-order chi connectivity index (χ1) is 18.0. The van der Waals surface area contributed by atoms with Crippen LogP contribution >= 0.6 is 0 Å². The second kappa shape index (κ2) is 12.6. The van der Waals surface area contributed by atoms with Gasteiger partial charge in [-0.15, -0.1) is 0 Å². The van der Waals surface area contributed by atoms with Crippen LogP contribution in [-0.2, 0) is 14.3 Å². The van der Waals surface area contributed by atoms with Gasteiger partial charge in [0.25, 0.3) is 11.7 Å². The summed E-state index contributed by atoms with van der Waals surface area (Å²) in [6, 6.07) is 13.4. The summed E-state index contributed by atoms with van der Waals surface area (Å²) in [5, 5.41) is 11.3. The summed E-state index contributed by atoms with van der Waals surface area (Å²) in [5.74, 6) is -0.189. The Morgan fingerprint density at radius 2 is 1.68 bits per heavy atom. The fourth-order valence-electron chi connectivity index (χ4n) is 4.52. The summed E-state index contributed by atoms with van der Waals surface area (Å²) in [7, 11) is 0. The van der Waals surface area contributed by atoms with E-state index in [2.05, 4.69) is 11.5 Å². The van der Waals surface area contributed by atoms with Crippen LogP contribution in [0.1, 0.15) is 30.5 Å². The zero-order valence-corrected chi connectivity index (χ0v) is 21.2. The molecule has 8 heteroatoms. The van der Waals surface area contributed by atoms with Gasteiger partial charge >= 0.3 is 0 Å². The van der Waals surface area contributed by atoms with Crippen LogP contribution in [0.5, 0.6) is 11.5 Å². The van der Waals surface area contributed by atoms with Gasteiger partial charge in [0.05, 0.1) is 31.4 Å². The Morgan fingerprint density at radius 3 is 2.32 bits per heavy atom. The first-order valence-corrected chi connectivity index (χ1v) is 12.7. The molecule has 0 bridgehead atoms. The average Bonchev–Trinajstić information content (AvgIpc) is 3.19. The molecule has 1 N–H and O–H groups in total. The van der Waals surface area contributed by atoms with E-state index in [1.165, 1.54) is 0 Å². The fourth-order valence-corrected chi connectivity index (χ4v) is 4.52. The van der Waals surface area contributed by atoms with E-state index in [0.29, 0.717) is 56.6 Å². The number of ether oxygens (including phenoxy) is 3. The molecule has 0 spiro atoms. The van der Waals surface area contributed by atoms with Crippen LogP contribution in [0.4, 0.5) is 0 Å². The number of rotatable bonds is 11. The van der Waals surface area contributed by atoms with Crippen LogP contribution in [0.3, 0.4) is 0 Å². The van der Waals surface area contributed by atoms with Gasteiger partial charge < -0.3 is 24.2 Å². The maximum absolute atomic E-state index is 13.3. The highest BCUT2D eigenvalue weighted by Gasteiger charge is 2.46. The molecule has 196 valence electrons. The molecule has 1 atom stereocenters. The number of benzene rings is 2. The Kier molecular flexibility index (Phi) is 8.98. The van der Waals surface area contributed by atoms with E-state index in [0.717, 1.165) is 25.1 Å². The number of aliphatic hydroxyl groups is 1. The lowest BCUT2D eigenvalue weighted by atomic mass is 9.95. The third-order valence-corrected chi connectivity index (χ3v) is 6.47. The SMILES string of the molecule is C=CCOc1ccc(/C(O)=C2\C(=O)C(=O)N(CCN3CCOCC3)C2c2ccc(OCCC)cc2)cc1. The Labute approximate surface area is 217 Å². The number of morpholine rings is 1. The van der Waals surface area contributed by atoms with E-state index in [-0.39, 0.29) is 11.3 Å². The topological polar surface area (TPSA) is 88.5 Å². The Balaban J connectivity index is 1.67. The second-order valence-corrected chi connectivity index (χ2v) is 8.99. The van der Waals surface area contributed by atoms with Gasteiger partial charge in [0, 0.05) is 31.7 Å². The largest absolute Gasteiger partial charge is 0.507 e. The minimum absolute atomic E-state index is 0.0777. The van der Waals surface area contributed by atoms with Crippen LogP contribution in [0.15, 0.2) is 66.8 Å². The molecule has 2 aromatic rings. The quantitative estimate of drug-likeness (QED) is 0.215. The summed E-state index contributed by atoms with van der Waals surface area (Å²) in [4.78, 5) is 30.3. The number of Topliss-reactive ketones (excluding diaryl/α,β-unsaturated/α-hetero) is 1. The van der Waals surface area contributed by atoms with Gasteiger partial charge in [-0.3, -0.25) is 14.5 Å². The first-order valence-electron chi connectivity index (χ1n) is 12.7. The van der Waals surface area contributed by atoms with Crippen molar-refractivity contribution in [2.75, 3.05) is 52.6 Å². The highest BCUT2D eigenvalue weighted by atomic mass is 16.5. The van der Waals surface area contributed by atoms with Crippen molar-refractivity contribution in [1.29, 1.82) is 0 Å². The summed E-state index contributed by atoms with van der Waals surface area (Å²) >= 11 is 0. The van der Waals surface area contributed by atoms with Crippen LogP contribution in [0.2, 0.25) is 0 Å². The number of aliphatic hydroxyl groups excluding tert-OH is 1. The molecule has 0 saturated carbocycles. The van der Waals surface area contributed by atoms with E-state index in [9.17, 15) is 14.7 Å². The maximum Gasteiger partial charge on any atom is 0.295 e. The lowest BCUT2D eigenvalue weighted by Gasteiger charge is -2.31. The highest BCUT2D eigenvalue weighted by molar-refractivity contribution is 6.46. The minimum Gasteiger partial charge on any atom is -0.507 e. The molecule has 1 amide bonds. The molecular weight excluding hydrogens is 472 g/mol. The maximum atomic E-state index is 13.3. The molecule has 37 heavy (non-hydrogen) atoms. The molecular formula is C29H34N2O6. The lowest BCUT2D eigenvalue weighted by Crippen LogP contribution is -2.42. The predicted octanol–water partition coefficient (Wildman–Crippen LogP) is 3.79. The molecule has 8 nitrogen and oxygen atoms in total. The van der Waals surface area contributed by atoms with E-state index >= 15 is 0 Å². The summed E-state index contributed by atoms with van der Waals surface area (Å²) in [5.41, 5.74) is 1.25. The Hall–Kier alpha value is -3.62. The van der Waals surface area contributed by atoms with E-state index in [1.807, 2.05) is 31.2 Å². The number of ketones is 1. The predicted molar refractivity (Wildman–Crippen MR) is 141 cm³/mol. The van der Waals surface area contributed by atoms with Crippen molar-refractivity contribution in [3.63, 3.8) is 0 Å². The lowest BCUT2D eigenvalue weighted by molar-refractivity contribution is -0.140. The van der Waals surface area contributed by atoms with Crippen molar-refractivity contribution < 1.29 is 28.9 Å². The zero-order chi connectivity index (χ0) is 26.2. The number of carbonyl (C=O) groups is 2. The first kappa shape index (κ1) is 26.4. The van der Waals surface area contributed by atoms with Gasteiger partial charge in [-0.05, 0) is 48.4 Å². The normalized spacial score (nSPS) is 19.7. The van der Waals surface area contributed by atoms with E-state index in [1.54, 1.807) is 35.2 Å². The number of hydrogen-bond acceptors (Lipinski definition) is 7. The van der Waals surface area contributed by atoms with Crippen molar-refractivity contribution in [2.45, 2.75) is 19.4 Å². The fraction of sp³-hybridized carbons (Fsp3) is 0.379. The minimum atomic E-state index is -0.710. The van der Waals surface area contributed by atoms with Crippen molar-refractivity contribution in [1.82, 2.24) is 9.80 Å². The van der Waals surface area contributed by atoms with Crippen molar-refractivity contribution >= 4 is 17.4 Å². The Bertz CT molecular complexity index is 1120. The molecule has 0 aliphatic carbocycles. The summed E-state index contributed by atoms with van der Waals surface area (Å²) in [6.07, 6.45) is 2.53.